The van der Waals surface area contributed by atoms with E-state index < -0.39 is 5.97 Å². The number of aromatic nitrogens is 5. The number of nitrogens with zero attached hydrogens (tertiary/aromatic N) is 4. The normalized spacial score (nSPS) is 10.5. The largest absolute Gasteiger partial charge is 0.477 e. The maximum Gasteiger partial charge on any atom is 0.353 e. The molecule has 0 bridgehead atoms. The van der Waals surface area contributed by atoms with Crippen LogP contribution in [0.15, 0.2) is 43.0 Å². The number of aromatic amines is 1. The van der Waals surface area contributed by atoms with Crippen LogP contribution >= 0.6 is 0 Å². The van der Waals surface area contributed by atoms with E-state index in [1.807, 2.05) is 24.3 Å². The Kier molecular flexibility index (Phi) is 2.57. The predicted octanol–water partition coefficient (Wildman–Crippen LogP) is 1.36. The number of carboxylic acids is 1. The van der Waals surface area contributed by atoms with Crippen molar-refractivity contribution in [2.45, 2.75) is 0 Å². The van der Waals surface area contributed by atoms with Gasteiger partial charge in [-0.2, -0.15) is 10.2 Å². The third kappa shape index (κ3) is 1.97. The van der Waals surface area contributed by atoms with Crippen molar-refractivity contribution >= 4 is 5.97 Å². The van der Waals surface area contributed by atoms with Gasteiger partial charge in [-0.05, 0) is 12.1 Å². The highest BCUT2D eigenvalue weighted by atomic mass is 16.4. The molecule has 0 aliphatic carbocycles. The Morgan fingerprint density at radius 1 is 1.32 bits per heavy atom. The van der Waals surface area contributed by atoms with Gasteiger partial charge in [0.2, 0.25) is 0 Å². The topological polar surface area (TPSA) is 96.7 Å². The average Bonchev–Trinajstić information content (AvgIpc) is 3.10. The number of carbonyl (C=O) groups is 1. The van der Waals surface area contributed by atoms with E-state index in [1.165, 1.54) is 12.4 Å². The fourth-order valence-electron chi connectivity index (χ4n) is 1.79. The van der Waals surface area contributed by atoms with Gasteiger partial charge in [-0.15, -0.1) is 0 Å². The molecular formula is C12H9N5O2. The van der Waals surface area contributed by atoms with Crippen LogP contribution in [-0.2, 0) is 0 Å². The van der Waals surface area contributed by atoms with Gasteiger partial charge < -0.3 is 5.11 Å². The molecule has 0 saturated carbocycles. The molecule has 0 unspecified atom stereocenters. The van der Waals surface area contributed by atoms with Crippen LogP contribution in [0.25, 0.3) is 16.9 Å². The number of nitrogens with one attached hydrogen (secondary N) is 1. The fraction of sp³-hybridized carbons (Fsp3) is 0. The summed E-state index contributed by atoms with van der Waals surface area (Å²) in [6.07, 6.45) is 3.01. The number of hydrogen-bond acceptors (Lipinski definition) is 4. The molecule has 0 atom stereocenters. The van der Waals surface area contributed by atoms with Gasteiger partial charge in [-0.1, -0.05) is 18.2 Å². The standard InChI is InChI=1S/C12H9N5O2/c18-12(19)10-5-9(15-16-10)8-3-1-2-4-11(8)17-7-13-6-14-17/h1-7H,(H,15,16)(H,18,19). The Morgan fingerprint density at radius 3 is 2.84 bits per heavy atom. The van der Waals surface area contributed by atoms with Crippen molar-refractivity contribution in [2.75, 3.05) is 0 Å². The molecule has 0 fully saturated rings. The van der Waals surface area contributed by atoms with E-state index in [4.69, 9.17) is 5.11 Å². The highest BCUT2D eigenvalue weighted by Crippen LogP contribution is 2.24. The Labute approximate surface area is 107 Å². The molecule has 0 aliphatic heterocycles. The van der Waals surface area contributed by atoms with Crippen LogP contribution in [0.4, 0.5) is 0 Å². The third-order valence-electron chi connectivity index (χ3n) is 2.65. The Morgan fingerprint density at radius 2 is 2.16 bits per heavy atom. The summed E-state index contributed by atoms with van der Waals surface area (Å²) in [4.78, 5) is 14.8. The SMILES string of the molecule is O=C(O)c1cc(-c2ccccc2-n2cncn2)n[nH]1. The van der Waals surface area contributed by atoms with Gasteiger partial charge in [-0.25, -0.2) is 14.5 Å². The summed E-state index contributed by atoms with van der Waals surface area (Å²) in [5.41, 5.74) is 2.15. The molecular weight excluding hydrogens is 246 g/mol. The van der Waals surface area contributed by atoms with Gasteiger partial charge in [0, 0.05) is 5.56 Å². The minimum Gasteiger partial charge on any atom is -0.477 e. The molecule has 0 spiro atoms. The number of aromatic carboxylic acids is 1. The first-order chi connectivity index (χ1) is 9.25. The van der Waals surface area contributed by atoms with Crippen molar-refractivity contribution in [3.8, 4) is 16.9 Å². The lowest BCUT2D eigenvalue weighted by molar-refractivity contribution is 0.0690. The summed E-state index contributed by atoms with van der Waals surface area (Å²) in [5, 5.41) is 19.5. The lowest BCUT2D eigenvalue weighted by Crippen LogP contribution is -1.97. The van der Waals surface area contributed by atoms with Gasteiger partial charge in [-0.3, -0.25) is 5.10 Å². The van der Waals surface area contributed by atoms with Gasteiger partial charge in [0.05, 0.1) is 11.4 Å². The number of H-pyrrole nitrogens is 1. The van der Waals surface area contributed by atoms with E-state index in [-0.39, 0.29) is 5.69 Å². The first-order valence-electron chi connectivity index (χ1n) is 5.49. The first kappa shape index (κ1) is 11.1. The second-order valence-electron chi connectivity index (χ2n) is 3.83. The van der Waals surface area contributed by atoms with Gasteiger partial charge in [0.15, 0.2) is 0 Å². The summed E-state index contributed by atoms with van der Waals surface area (Å²) in [5.74, 6) is -1.04. The monoisotopic (exact) mass is 255 g/mol. The highest BCUT2D eigenvalue weighted by molar-refractivity contribution is 5.87. The number of carboxylic acid groups (broad SMARTS) is 1. The Hall–Kier alpha value is -2.96. The van der Waals surface area contributed by atoms with E-state index in [2.05, 4.69) is 20.3 Å². The van der Waals surface area contributed by atoms with Crippen LogP contribution in [0.5, 0.6) is 0 Å². The van der Waals surface area contributed by atoms with Gasteiger partial charge >= 0.3 is 5.97 Å². The second kappa shape index (κ2) is 4.37. The molecule has 3 aromatic rings. The Balaban J connectivity index is 2.12. The lowest BCUT2D eigenvalue weighted by atomic mass is 10.1. The van der Waals surface area contributed by atoms with Crippen LogP contribution < -0.4 is 0 Å². The second-order valence-corrected chi connectivity index (χ2v) is 3.83. The van der Waals surface area contributed by atoms with Crippen molar-refractivity contribution in [1.82, 2.24) is 25.0 Å². The first-order valence-corrected chi connectivity index (χ1v) is 5.49. The molecule has 94 valence electrons. The van der Waals surface area contributed by atoms with Gasteiger partial charge in [0.25, 0.3) is 0 Å². The number of rotatable bonds is 3. The van der Waals surface area contributed by atoms with E-state index >= 15 is 0 Å². The van der Waals surface area contributed by atoms with E-state index in [0.29, 0.717) is 5.69 Å². The zero-order valence-electron chi connectivity index (χ0n) is 9.69. The van der Waals surface area contributed by atoms with Crippen molar-refractivity contribution in [3.05, 3.63) is 48.7 Å². The van der Waals surface area contributed by atoms with Crippen LogP contribution in [0, 0.1) is 0 Å². The van der Waals surface area contributed by atoms with Gasteiger partial charge in [0.1, 0.15) is 18.3 Å². The summed E-state index contributed by atoms with van der Waals surface area (Å²) >= 11 is 0. The van der Waals surface area contributed by atoms with Crippen LogP contribution in [-0.4, -0.2) is 36.0 Å². The summed E-state index contributed by atoms with van der Waals surface area (Å²) in [6.45, 7) is 0. The molecule has 7 nitrogen and oxygen atoms in total. The van der Waals surface area contributed by atoms with E-state index in [9.17, 15) is 4.79 Å². The molecule has 1 aromatic carbocycles. The van der Waals surface area contributed by atoms with Crippen LogP contribution in [0.3, 0.4) is 0 Å². The summed E-state index contributed by atoms with van der Waals surface area (Å²) in [7, 11) is 0. The van der Waals surface area contributed by atoms with Crippen molar-refractivity contribution in [2.24, 2.45) is 0 Å². The Bertz CT molecular complexity index is 717. The number of benzene rings is 1. The van der Waals surface area contributed by atoms with Crippen LogP contribution in [0.2, 0.25) is 0 Å². The zero-order chi connectivity index (χ0) is 13.2. The maximum absolute atomic E-state index is 10.9. The zero-order valence-corrected chi connectivity index (χ0v) is 9.69. The quantitative estimate of drug-likeness (QED) is 0.736. The summed E-state index contributed by atoms with van der Waals surface area (Å²) in [6, 6.07) is 8.91. The summed E-state index contributed by atoms with van der Waals surface area (Å²) < 4.78 is 1.60. The molecule has 2 aromatic heterocycles. The predicted molar refractivity (Wildman–Crippen MR) is 65.9 cm³/mol. The third-order valence-corrected chi connectivity index (χ3v) is 2.65. The molecule has 2 heterocycles. The molecule has 0 saturated heterocycles. The fourth-order valence-corrected chi connectivity index (χ4v) is 1.79. The highest BCUT2D eigenvalue weighted by Gasteiger charge is 2.13. The minimum atomic E-state index is -1.04. The lowest BCUT2D eigenvalue weighted by Gasteiger charge is -2.05. The molecule has 0 amide bonds. The molecule has 0 radical (unpaired) electrons. The van der Waals surface area contributed by atoms with E-state index in [0.717, 1.165) is 11.3 Å². The molecule has 19 heavy (non-hydrogen) atoms. The van der Waals surface area contributed by atoms with E-state index in [1.54, 1.807) is 11.0 Å². The average molecular weight is 255 g/mol. The smallest absolute Gasteiger partial charge is 0.353 e. The number of hydrogen-bond donors (Lipinski definition) is 2. The molecule has 7 heteroatoms. The maximum atomic E-state index is 10.9. The van der Waals surface area contributed by atoms with Crippen molar-refractivity contribution in [3.63, 3.8) is 0 Å². The molecule has 3 rings (SSSR count). The van der Waals surface area contributed by atoms with Crippen molar-refractivity contribution in [1.29, 1.82) is 0 Å². The number of para-hydroxylation sites is 1. The minimum absolute atomic E-state index is 0.0448. The molecule has 0 aliphatic rings. The molecule has 2 N–H and O–H groups in total. The van der Waals surface area contributed by atoms with Crippen molar-refractivity contribution < 1.29 is 9.90 Å². The van der Waals surface area contributed by atoms with Crippen LogP contribution in [0.1, 0.15) is 10.5 Å².